The fourth-order valence-corrected chi connectivity index (χ4v) is 1.62. The molecule has 5 nitrogen and oxygen atoms in total. The molecule has 0 aromatic rings. The lowest BCUT2D eigenvalue weighted by Crippen LogP contribution is -2.11. The molecule has 0 atom stereocenters. The predicted octanol–water partition coefficient (Wildman–Crippen LogP) is 2.61. The van der Waals surface area contributed by atoms with E-state index in [0.717, 1.165) is 32.5 Å². The molecule has 0 amide bonds. The van der Waals surface area contributed by atoms with Crippen LogP contribution in [0.4, 0.5) is 0 Å². The van der Waals surface area contributed by atoms with Crippen LogP contribution >= 0.6 is 0 Å². The van der Waals surface area contributed by atoms with Crippen molar-refractivity contribution in [2.75, 3.05) is 52.9 Å². The summed E-state index contributed by atoms with van der Waals surface area (Å²) in [6, 6.07) is 0. The minimum Gasteiger partial charge on any atom is -0.381 e. The van der Waals surface area contributed by atoms with Crippen molar-refractivity contribution >= 4 is 5.78 Å². The van der Waals surface area contributed by atoms with E-state index in [1.807, 2.05) is 0 Å². The van der Waals surface area contributed by atoms with Crippen LogP contribution in [0.5, 0.6) is 0 Å². The second-order valence-electron chi connectivity index (χ2n) is 4.84. The van der Waals surface area contributed by atoms with Crippen molar-refractivity contribution in [3.63, 3.8) is 0 Å². The van der Waals surface area contributed by atoms with E-state index in [9.17, 15) is 4.79 Å². The zero-order chi connectivity index (χ0) is 15.6. The maximum Gasteiger partial charge on any atom is 0.135 e. The van der Waals surface area contributed by atoms with Gasteiger partial charge in [-0.25, -0.2) is 0 Å². The Morgan fingerprint density at radius 3 is 1.67 bits per heavy atom. The monoisotopic (exact) mass is 304 g/mol. The molecule has 0 fully saturated rings. The molecule has 0 unspecified atom stereocenters. The lowest BCUT2D eigenvalue weighted by atomic mass is 10.2. The number of Topliss-reactive ketones (excluding diaryl/α,β-unsaturated/α-hetero) is 1. The largest absolute Gasteiger partial charge is 0.381 e. The molecule has 0 saturated carbocycles. The number of hydrogen-bond acceptors (Lipinski definition) is 5. The summed E-state index contributed by atoms with van der Waals surface area (Å²) in [5, 5.41) is 0. The molecular weight excluding hydrogens is 272 g/mol. The van der Waals surface area contributed by atoms with E-state index < -0.39 is 0 Å². The SMILES string of the molecule is CCCOCCCC(=O)CCOCCOCCOCCC. The molecule has 0 N–H and O–H groups in total. The van der Waals surface area contributed by atoms with Gasteiger partial charge in [-0.1, -0.05) is 13.8 Å². The van der Waals surface area contributed by atoms with Gasteiger partial charge >= 0.3 is 0 Å². The van der Waals surface area contributed by atoms with Crippen molar-refractivity contribution in [2.24, 2.45) is 0 Å². The first-order valence-corrected chi connectivity index (χ1v) is 8.13. The van der Waals surface area contributed by atoms with Crippen LogP contribution < -0.4 is 0 Å². The summed E-state index contributed by atoms with van der Waals surface area (Å²) in [5.41, 5.74) is 0. The highest BCUT2D eigenvalue weighted by Gasteiger charge is 2.01. The summed E-state index contributed by atoms with van der Waals surface area (Å²) in [6.07, 6.45) is 3.92. The quantitative estimate of drug-likeness (QED) is 0.387. The van der Waals surface area contributed by atoms with Gasteiger partial charge in [0.15, 0.2) is 0 Å². The second-order valence-corrected chi connectivity index (χ2v) is 4.84. The van der Waals surface area contributed by atoms with Crippen LogP contribution in [0, 0.1) is 0 Å². The third-order valence-corrected chi connectivity index (χ3v) is 2.71. The lowest BCUT2D eigenvalue weighted by molar-refractivity contribution is -0.120. The van der Waals surface area contributed by atoms with E-state index in [-0.39, 0.29) is 5.78 Å². The number of ketones is 1. The van der Waals surface area contributed by atoms with Gasteiger partial charge in [-0.2, -0.15) is 0 Å². The fraction of sp³-hybridized carbons (Fsp3) is 0.938. The number of rotatable bonds is 17. The molecule has 0 spiro atoms. The fourth-order valence-electron chi connectivity index (χ4n) is 1.62. The average Bonchev–Trinajstić information content (AvgIpc) is 2.49. The normalized spacial score (nSPS) is 11.0. The molecule has 0 aliphatic rings. The minimum absolute atomic E-state index is 0.240. The first-order chi connectivity index (χ1) is 10.3. The molecule has 0 aromatic carbocycles. The van der Waals surface area contributed by atoms with Crippen LogP contribution in [0.3, 0.4) is 0 Å². The highest BCUT2D eigenvalue weighted by atomic mass is 16.5. The summed E-state index contributed by atoms with van der Waals surface area (Å²) >= 11 is 0. The van der Waals surface area contributed by atoms with Crippen LogP contribution in [0.1, 0.15) is 46.0 Å². The van der Waals surface area contributed by atoms with Gasteiger partial charge in [-0.15, -0.1) is 0 Å². The highest BCUT2D eigenvalue weighted by molar-refractivity contribution is 5.78. The maximum atomic E-state index is 11.5. The molecule has 0 rings (SSSR count). The first kappa shape index (κ1) is 20.5. The number of carbonyl (C=O) groups is 1. The van der Waals surface area contributed by atoms with Gasteiger partial charge in [0.05, 0.1) is 33.0 Å². The molecule has 0 bridgehead atoms. The lowest BCUT2D eigenvalue weighted by Gasteiger charge is -2.06. The molecule has 126 valence electrons. The van der Waals surface area contributed by atoms with Crippen molar-refractivity contribution in [1.82, 2.24) is 0 Å². The third-order valence-electron chi connectivity index (χ3n) is 2.71. The Labute approximate surface area is 129 Å². The zero-order valence-electron chi connectivity index (χ0n) is 13.7. The Bertz CT molecular complexity index is 221. The smallest absolute Gasteiger partial charge is 0.135 e. The molecule has 0 radical (unpaired) electrons. The van der Waals surface area contributed by atoms with Crippen molar-refractivity contribution < 1.29 is 23.7 Å². The Morgan fingerprint density at radius 1 is 0.619 bits per heavy atom. The molecule has 5 heteroatoms. The first-order valence-electron chi connectivity index (χ1n) is 8.13. The molecular formula is C16H32O5. The van der Waals surface area contributed by atoms with E-state index in [1.165, 1.54) is 0 Å². The van der Waals surface area contributed by atoms with Gasteiger partial charge in [-0.3, -0.25) is 4.79 Å². The van der Waals surface area contributed by atoms with E-state index in [1.54, 1.807) is 0 Å². The van der Waals surface area contributed by atoms with E-state index >= 15 is 0 Å². The third kappa shape index (κ3) is 17.5. The van der Waals surface area contributed by atoms with Crippen LogP contribution in [0.15, 0.2) is 0 Å². The van der Waals surface area contributed by atoms with E-state index in [4.69, 9.17) is 18.9 Å². The summed E-state index contributed by atoms with van der Waals surface area (Å²) in [4.78, 5) is 11.5. The van der Waals surface area contributed by atoms with E-state index in [0.29, 0.717) is 52.5 Å². The van der Waals surface area contributed by atoms with Crippen LogP contribution in [-0.4, -0.2) is 58.6 Å². The van der Waals surface area contributed by atoms with Gasteiger partial charge in [0, 0.05) is 32.7 Å². The van der Waals surface area contributed by atoms with E-state index in [2.05, 4.69) is 13.8 Å². The van der Waals surface area contributed by atoms with Crippen molar-refractivity contribution in [3.8, 4) is 0 Å². The van der Waals surface area contributed by atoms with Gasteiger partial charge in [0.25, 0.3) is 0 Å². The highest BCUT2D eigenvalue weighted by Crippen LogP contribution is 1.97. The molecule has 0 heterocycles. The van der Waals surface area contributed by atoms with Gasteiger partial charge < -0.3 is 18.9 Å². The molecule has 0 aliphatic heterocycles. The van der Waals surface area contributed by atoms with Gasteiger partial charge in [0.1, 0.15) is 5.78 Å². The van der Waals surface area contributed by atoms with Crippen LogP contribution in [0.2, 0.25) is 0 Å². The van der Waals surface area contributed by atoms with Crippen molar-refractivity contribution in [3.05, 3.63) is 0 Å². The minimum atomic E-state index is 0.240. The summed E-state index contributed by atoms with van der Waals surface area (Å²) in [7, 11) is 0. The number of ether oxygens (including phenoxy) is 4. The summed E-state index contributed by atoms with van der Waals surface area (Å²) < 4.78 is 21.3. The summed E-state index contributed by atoms with van der Waals surface area (Å²) in [5.74, 6) is 0.240. The van der Waals surface area contributed by atoms with Crippen molar-refractivity contribution in [2.45, 2.75) is 46.0 Å². The number of carbonyl (C=O) groups excluding carboxylic acids is 1. The van der Waals surface area contributed by atoms with Crippen LogP contribution in [0.25, 0.3) is 0 Å². The van der Waals surface area contributed by atoms with Crippen molar-refractivity contribution in [1.29, 1.82) is 0 Å². The number of hydrogen-bond donors (Lipinski definition) is 0. The van der Waals surface area contributed by atoms with Gasteiger partial charge in [-0.05, 0) is 19.3 Å². The van der Waals surface area contributed by atoms with Crippen LogP contribution in [-0.2, 0) is 23.7 Å². The standard InChI is InChI=1S/C16H32O5/c1-3-8-18-10-5-6-16(17)7-11-20-13-15-21-14-12-19-9-4-2/h3-15H2,1-2H3. The molecule has 0 aromatic heterocycles. The Kier molecular flexibility index (Phi) is 17.2. The Balaban J connectivity index is 3.11. The molecule has 0 saturated heterocycles. The molecule has 0 aliphatic carbocycles. The zero-order valence-corrected chi connectivity index (χ0v) is 13.7. The Hall–Kier alpha value is -0.490. The average molecular weight is 304 g/mol. The maximum absolute atomic E-state index is 11.5. The molecule has 21 heavy (non-hydrogen) atoms. The summed E-state index contributed by atoms with van der Waals surface area (Å²) in [6.45, 7) is 9.17. The Morgan fingerprint density at radius 2 is 1.10 bits per heavy atom. The second kappa shape index (κ2) is 17.6. The topological polar surface area (TPSA) is 54.0 Å². The predicted molar refractivity (Wildman–Crippen MR) is 82.7 cm³/mol. The van der Waals surface area contributed by atoms with Gasteiger partial charge in [0.2, 0.25) is 0 Å².